The van der Waals surface area contributed by atoms with Crippen molar-refractivity contribution in [3.8, 4) is 0 Å². The van der Waals surface area contributed by atoms with Crippen molar-refractivity contribution in [2.24, 2.45) is 5.84 Å². The number of aromatic nitrogens is 5. The molecule has 3 rings (SSSR count). The first-order chi connectivity index (χ1) is 9.24. The van der Waals surface area contributed by atoms with Crippen molar-refractivity contribution in [2.75, 3.05) is 12.0 Å². The Morgan fingerprint density at radius 3 is 3.11 bits per heavy atom. The van der Waals surface area contributed by atoms with Crippen molar-refractivity contribution in [1.82, 2.24) is 29.6 Å². The molecule has 0 fully saturated rings. The van der Waals surface area contributed by atoms with Crippen LogP contribution in [0.25, 0.3) is 0 Å². The van der Waals surface area contributed by atoms with Crippen LogP contribution < -0.4 is 11.3 Å². The quantitative estimate of drug-likeness (QED) is 0.576. The van der Waals surface area contributed by atoms with Gasteiger partial charge >= 0.3 is 0 Å². The van der Waals surface area contributed by atoms with Crippen LogP contribution in [0.4, 0.5) is 5.82 Å². The predicted molar refractivity (Wildman–Crippen MR) is 68.7 cm³/mol. The molecule has 3 N–H and O–H groups in total. The summed E-state index contributed by atoms with van der Waals surface area (Å²) in [7, 11) is 0. The van der Waals surface area contributed by atoms with Crippen LogP contribution in [0.15, 0.2) is 12.4 Å². The Morgan fingerprint density at radius 2 is 2.26 bits per heavy atom. The molecule has 3 heterocycles. The third-order valence-corrected chi connectivity index (χ3v) is 3.13. The summed E-state index contributed by atoms with van der Waals surface area (Å²) in [6, 6.07) is 1.82. The molecule has 0 aliphatic carbocycles. The molecule has 19 heavy (non-hydrogen) atoms. The van der Waals surface area contributed by atoms with E-state index in [2.05, 4.69) is 35.1 Å². The van der Waals surface area contributed by atoms with Crippen molar-refractivity contribution >= 4 is 5.82 Å². The van der Waals surface area contributed by atoms with Gasteiger partial charge in [0.1, 0.15) is 23.8 Å². The zero-order chi connectivity index (χ0) is 13.2. The number of nitrogens with one attached hydrogen (secondary N) is 1. The number of anilines is 1. The highest BCUT2D eigenvalue weighted by atomic mass is 15.3. The molecule has 8 heteroatoms. The standard InChI is InChI=1S/C11H16N8/c1-8-4-9(16-12)15-10(14-8)5-18-2-3-19-7-13-17-11(19)6-18/h4,7H,2-3,5-6,12H2,1H3,(H,14,15,16). The maximum atomic E-state index is 5.39. The number of hydrogen-bond acceptors (Lipinski definition) is 7. The lowest BCUT2D eigenvalue weighted by Crippen LogP contribution is -2.33. The summed E-state index contributed by atoms with van der Waals surface area (Å²) < 4.78 is 2.07. The maximum Gasteiger partial charge on any atom is 0.147 e. The van der Waals surface area contributed by atoms with Crippen molar-refractivity contribution in [3.05, 3.63) is 29.7 Å². The Hall–Kier alpha value is -2.06. The van der Waals surface area contributed by atoms with Gasteiger partial charge in [0.2, 0.25) is 0 Å². The first kappa shape index (κ1) is 12.0. The number of rotatable bonds is 3. The van der Waals surface area contributed by atoms with E-state index in [0.717, 1.165) is 37.0 Å². The number of hydrogen-bond donors (Lipinski definition) is 2. The first-order valence-corrected chi connectivity index (χ1v) is 6.15. The van der Waals surface area contributed by atoms with E-state index in [0.29, 0.717) is 12.4 Å². The van der Waals surface area contributed by atoms with Gasteiger partial charge in [-0.1, -0.05) is 0 Å². The predicted octanol–water partition coefficient (Wildman–Crippen LogP) is -0.322. The van der Waals surface area contributed by atoms with Gasteiger partial charge in [-0.3, -0.25) is 4.90 Å². The first-order valence-electron chi connectivity index (χ1n) is 6.15. The largest absolute Gasteiger partial charge is 0.315 e. The molecule has 2 aromatic rings. The van der Waals surface area contributed by atoms with E-state index in [1.54, 1.807) is 6.33 Å². The van der Waals surface area contributed by atoms with Gasteiger partial charge < -0.3 is 9.99 Å². The van der Waals surface area contributed by atoms with E-state index in [1.165, 1.54) is 0 Å². The van der Waals surface area contributed by atoms with Gasteiger partial charge in [-0.05, 0) is 6.92 Å². The van der Waals surface area contributed by atoms with Crippen molar-refractivity contribution in [3.63, 3.8) is 0 Å². The number of hydrazine groups is 1. The van der Waals surface area contributed by atoms with Crippen LogP contribution in [0.1, 0.15) is 17.3 Å². The summed E-state index contributed by atoms with van der Waals surface area (Å²) in [5, 5.41) is 8.01. The molecule has 0 unspecified atom stereocenters. The Kier molecular flexibility index (Phi) is 3.10. The van der Waals surface area contributed by atoms with E-state index in [4.69, 9.17) is 5.84 Å². The average Bonchev–Trinajstić information content (AvgIpc) is 2.85. The summed E-state index contributed by atoms with van der Waals surface area (Å²) in [5.41, 5.74) is 3.46. The highest BCUT2D eigenvalue weighted by molar-refractivity contribution is 5.33. The van der Waals surface area contributed by atoms with Gasteiger partial charge in [0, 0.05) is 24.8 Å². The van der Waals surface area contributed by atoms with Gasteiger partial charge in [-0.2, -0.15) is 0 Å². The van der Waals surface area contributed by atoms with Crippen molar-refractivity contribution < 1.29 is 0 Å². The third-order valence-electron chi connectivity index (χ3n) is 3.13. The number of aryl methyl sites for hydroxylation is 1. The van der Waals surface area contributed by atoms with Crippen LogP contribution in [0, 0.1) is 6.92 Å². The summed E-state index contributed by atoms with van der Waals surface area (Å²) >= 11 is 0. The molecule has 0 spiro atoms. The normalized spacial score (nSPS) is 15.3. The van der Waals surface area contributed by atoms with Crippen molar-refractivity contribution in [1.29, 1.82) is 0 Å². The zero-order valence-electron chi connectivity index (χ0n) is 10.7. The molecule has 0 amide bonds. The molecular formula is C11H16N8. The molecule has 1 aliphatic heterocycles. The van der Waals surface area contributed by atoms with Crippen LogP contribution in [-0.4, -0.2) is 36.2 Å². The van der Waals surface area contributed by atoms with E-state index in [9.17, 15) is 0 Å². The summed E-state index contributed by atoms with van der Waals surface area (Å²) in [5.74, 6) is 7.78. The second kappa shape index (κ2) is 4.90. The second-order valence-corrected chi connectivity index (χ2v) is 4.61. The Balaban J connectivity index is 1.74. The summed E-state index contributed by atoms with van der Waals surface area (Å²) in [6.07, 6.45) is 1.77. The van der Waals surface area contributed by atoms with E-state index in [1.807, 2.05) is 13.0 Å². The Bertz CT molecular complexity index is 578. The lowest BCUT2D eigenvalue weighted by molar-refractivity contribution is 0.204. The molecule has 0 aromatic carbocycles. The number of nitrogens with zero attached hydrogens (tertiary/aromatic N) is 6. The monoisotopic (exact) mass is 260 g/mol. The third kappa shape index (κ3) is 2.54. The molecule has 0 radical (unpaired) electrons. The molecule has 0 bridgehead atoms. The van der Waals surface area contributed by atoms with Crippen LogP contribution in [-0.2, 0) is 19.6 Å². The number of nitrogen functional groups attached to an aromatic ring is 1. The van der Waals surface area contributed by atoms with Gasteiger partial charge in [0.25, 0.3) is 0 Å². The molecule has 100 valence electrons. The fourth-order valence-electron chi connectivity index (χ4n) is 2.23. The van der Waals surface area contributed by atoms with Gasteiger partial charge in [0.15, 0.2) is 0 Å². The highest BCUT2D eigenvalue weighted by Gasteiger charge is 2.18. The number of nitrogens with two attached hydrogens (primary N) is 1. The number of fused-ring (bicyclic) bond motifs is 1. The lowest BCUT2D eigenvalue weighted by atomic mass is 10.3. The molecule has 0 saturated carbocycles. The summed E-state index contributed by atoms with van der Waals surface area (Å²) in [6.45, 7) is 5.22. The SMILES string of the molecule is Cc1cc(NN)nc(CN2CCn3cnnc3C2)n1. The van der Waals surface area contributed by atoms with E-state index < -0.39 is 0 Å². The van der Waals surface area contributed by atoms with E-state index in [-0.39, 0.29) is 0 Å². The minimum absolute atomic E-state index is 0.641. The van der Waals surface area contributed by atoms with Gasteiger partial charge in [-0.15, -0.1) is 10.2 Å². The average molecular weight is 260 g/mol. The van der Waals surface area contributed by atoms with Gasteiger partial charge in [0.05, 0.1) is 13.1 Å². The summed E-state index contributed by atoms with van der Waals surface area (Å²) in [4.78, 5) is 11.0. The van der Waals surface area contributed by atoms with Crippen LogP contribution >= 0.6 is 0 Å². The molecular weight excluding hydrogens is 244 g/mol. The Morgan fingerprint density at radius 1 is 1.37 bits per heavy atom. The minimum Gasteiger partial charge on any atom is -0.315 e. The molecule has 8 nitrogen and oxygen atoms in total. The maximum absolute atomic E-state index is 5.39. The minimum atomic E-state index is 0.641. The zero-order valence-corrected chi connectivity index (χ0v) is 10.7. The van der Waals surface area contributed by atoms with Crippen molar-refractivity contribution in [2.45, 2.75) is 26.6 Å². The van der Waals surface area contributed by atoms with Crippen LogP contribution in [0.5, 0.6) is 0 Å². The lowest BCUT2D eigenvalue weighted by Gasteiger charge is -2.26. The topological polar surface area (TPSA) is 97.8 Å². The molecule has 1 aliphatic rings. The molecule has 0 atom stereocenters. The molecule has 0 saturated heterocycles. The van der Waals surface area contributed by atoms with Crippen LogP contribution in [0.2, 0.25) is 0 Å². The highest BCUT2D eigenvalue weighted by Crippen LogP contribution is 2.12. The van der Waals surface area contributed by atoms with Crippen LogP contribution in [0.3, 0.4) is 0 Å². The van der Waals surface area contributed by atoms with E-state index >= 15 is 0 Å². The second-order valence-electron chi connectivity index (χ2n) is 4.61. The van der Waals surface area contributed by atoms with Gasteiger partial charge in [-0.25, -0.2) is 15.8 Å². The smallest absolute Gasteiger partial charge is 0.147 e. The molecule has 2 aromatic heterocycles. The fourth-order valence-corrected chi connectivity index (χ4v) is 2.23. The Labute approximate surface area is 110 Å². The fraction of sp³-hybridized carbons (Fsp3) is 0.455.